The molecule has 0 heterocycles. The smallest absolute Gasteiger partial charge is 0.244 e. The molecule has 1 amide bonds. The minimum absolute atomic E-state index is 0.0996. The number of carbonyl (C=O) groups excluding carboxylic acids is 1. The van der Waals surface area contributed by atoms with Gasteiger partial charge in [0.15, 0.2) is 5.75 Å². The van der Waals surface area contributed by atoms with Gasteiger partial charge in [-0.3, -0.25) is 4.79 Å². The topological polar surface area (TPSA) is 50.7 Å². The summed E-state index contributed by atoms with van der Waals surface area (Å²) < 4.78 is 18.1. The number of benzene rings is 2. The SMILES string of the molecule is CCOc1c(Cl)cc(/C=N/NC(=O)Cc2ccc(F)cc2)cc1Cl. The zero-order valence-electron chi connectivity index (χ0n) is 12.9. The van der Waals surface area contributed by atoms with Crippen molar-refractivity contribution >= 4 is 35.3 Å². The van der Waals surface area contributed by atoms with Gasteiger partial charge in [0.05, 0.1) is 29.3 Å². The monoisotopic (exact) mass is 368 g/mol. The molecule has 0 spiro atoms. The molecule has 0 atom stereocenters. The second-order valence-corrected chi connectivity index (χ2v) is 5.66. The van der Waals surface area contributed by atoms with Gasteiger partial charge in [-0.1, -0.05) is 35.3 Å². The maximum absolute atomic E-state index is 12.8. The Morgan fingerprint density at radius 1 is 1.25 bits per heavy atom. The molecule has 0 unspecified atom stereocenters. The Morgan fingerprint density at radius 3 is 2.46 bits per heavy atom. The van der Waals surface area contributed by atoms with Crippen LogP contribution in [0.3, 0.4) is 0 Å². The van der Waals surface area contributed by atoms with Crippen molar-refractivity contribution in [1.29, 1.82) is 0 Å². The molecule has 2 rings (SSSR count). The molecule has 0 aliphatic carbocycles. The molecule has 0 aliphatic heterocycles. The van der Waals surface area contributed by atoms with E-state index in [-0.39, 0.29) is 18.1 Å². The van der Waals surface area contributed by atoms with E-state index in [4.69, 9.17) is 27.9 Å². The number of hydrogen-bond acceptors (Lipinski definition) is 3. The second kappa shape index (κ2) is 8.66. The number of amides is 1. The van der Waals surface area contributed by atoms with Gasteiger partial charge in [0.1, 0.15) is 5.82 Å². The van der Waals surface area contributed by atoms with Gasteiger partial charge in [0, 0.05) is 0 Å². The molecule has 24 heavy (non-hydrogen) atoms. The molecule has 2 aromatic carbocycles. The third-order valence-corrected chi connectivity index (χ3v) is 3.55. The summed E-state index contributed by atoms with van der Waals surface area (Å²) >= 11 is 12.2. The summed E-state index contributed by atoms with van der Waals surface area (Å²) in [7, 11) is 0. The highest BCUT2D eigenvalue weighted by atomic mass is 35.5. The van der Waals surface area contributed by atoms with Crippen LogP contribution in [-0.4, -0.2) is 18.7 Å². The number of carbonyl (C=O) groups is 1. The minimum atomic E-state index is -0.346. The average Bonchev–Trinajstić information content (AvgIpc) is 2.53. The van der Waals surface area contributed by atoms with E-state index in [0.29, 0.717) is 33.5 Å². The molecule has 0 saturated carbocycles. The zero-order valence-corrected chi connectivity index (χ0v) is 14.4. The normalized spacial score (nSPS) is 10.8. The van der Waals surface area contributed by atoms with E-state index < -0.39 is 0 Å². The number of halogens is 3. The summed E-state index contributed by atoms with van der Waals surface area (Å²) in [6.45, 7) is 2.28. The highest BCUT2D eigenvalue weighted by molar-refractivity contribution is 6.37. The zero-order chi connectivity index (χ0) is 17.5. The van der Waals surface area contributed by atoms with Crippen molar-refractivity contribution in [2.24, 2.45) is 5.10 Å². The Balaban J connectivity index is 1.96. The van der Waals surface area contributed by atoms with Crippen LogP contribution in [0.4, 0.5) is 4.39 Å². The van der Waals surface area contributed by atoms with Crippen molar-refractivity contribution in [3.63, 3.8) is 0 Å². The third-order valence-electron chi connectivity index (χ3n) is 2.99. The van der Waals surface area contributed by atoms with E-state index in [0.717, 1.165) is 0 Å². The number of ether oxygens (including phenoxy) is 1. The van der Waals surface area contributed by atoms with Crippen molar-refractivity contribution in [3.8, 4) is 5.75 Å². The number of nitrogens with one attached hydrogen (secondary N) is 1. The van der Waals surface area contributed by atoms with Gasteiger partial charge in [-0.2, -0.15) is 5.10 Å². The first kappa shape index (κ1) is 18.2. The van der Waals surface area contributed by atoms with Gasteiger partial charge >= 0.3 is 0 Å². The van der Waals surface area contributed by atoms with E-state index in [2.05, 4.69) is 10.5 Å². The Bertz CT molecular complexity index is 726. The van der Waals surface area contributed by atoms with Gasteiger partial charge in [-0.15, -0.1) is 0 Å². The van der Waals surface area contributed by atoms with Gasteiger partial charge in [-0.05, 0) is 42.3 Å². The van der Waals surface area contributed by atoms with Crippen LogP contribution >= 0.6 is 23.2 Å². The standard InChI is InChI=1S/C17H15Cl2FN2O2/c1-2-24-17-14(18)7-12(8-15(17)19)10-21-22-16(23)9-11-3-5-13(20)6-4-11/h3-8,10H,2,9H2,1H3,(H,22,23)/b21-10+. The molecule has 126 valence electrons. The van der Waals surface area contributed by atoms with Gasteiger partial charge in [0.25, 0.3) is 0 Å². The number of hydrazone groups is 1. The Hall–Kier alpha value is -2.11. The van der Waals surface area contributed by atoms with Crippen LogP contribution in [0, 0.1) is 5.82 Å². The first-order valence-electron chi connectivity index (χ1n) is 7.17. The predicted molar refractivity (Wildman–Crippen MR) is 93.5 cm³/mol. The van der Waals surface area contributed by atoms with Crippen LogP contribution < -0.4 is 10.2 Å². The van der Waals surface area contributed by atoms with Crippen LogP contribution in [-0.2, 0) is 11.2 Å². The fraction of sp³-hybridized carbons (Fsp3) is 0.176. The van der Waals surface area contributed by atoms with E-state index in [1.807, 2.05) is 6.92 Å². The summed E-state index contributed by atoms with van der Waals surface area (Å²) in [5, 5.41) is 4.59. The van der Waals surface area contributed by atoms with Gasteiger partial charge in [0.2, 0.25) is 5.91 Å². The molecule has 2 aromatic rings. The van der Waals surface area contributed by atoms with Gasteiger partial charge in [-0.25, -0.2) is 9.82 Å². The van der Waals surface area contributed by atoms with E-state index in [1.54, 1.807) is 24.3 Å². The van der Waals surface area contributed by atoms with Crippen LogP contribution in [0.2, 0.25) is 10.0 Å². The van der Waals surface area contributed by atoms with E-state index in [9.17, 15) is 9.18 Å². The summed E-state index contributed by atoms with van der Waals surface area (Å²) in [5.74, 6) is -0.249. The minimum Gasteiger partial charge on any atom is -0.491 e. The number of hydrogen-bond donors (Lipinski definition) is 1. The van der Waals surface area contributed by atoms with Crippen LogP contribution in [0.15, 0.2) is 41.5 Å². The van der Waals surface area contributed by atoms with Gasteiger partial charge < -0.3 is 4.74 Å². The summed E-state index contributed by atoms with van der Waals surface area (Å²) in [5.41, 5.74) is 3.70. The van der Waals surface area contributed by atoms with Crippen molar-refractivity contribution in [1.82, 2.24) is 5.43 Å². The molecule has 0 fully saturated rings. The lowest BCUT2D eigenvalue weighted by molar-refractivity contribution is -0.120. The summed E-state index contributed by atoms with van der Waals surface area (Å²) in [6, 6.07) is 8.96. The number of rotatable bonds is 6. The van der Waals surface area contributed by atoms with Crippen molar-refractivity contribution in [2.45, 2.75) is 13.3 Å². The lowest BCUT2D eigenvalue weighted by atomic mass is 10.1. The summed E-state index contributed by atoms with van der Waals surface area (Å²) in [4.78, 5) is 11.8. The maximum atomic E-state index is 12.8. The first-order chi connectivity index (χ1) is 11.5. The molecular formula is C17H15Cl2FN2O2. The molecule has 1 N–H and O–H groups in total. The molecule has 0 radical (unpaired) electrons. The van der Waals surface area contributed by atoms with E-state index >= 15 is 0 Å². The predicted octanol–water partition coefficient (Wildman–Crippen LogP) is 4.22. The van der Waals surface area contributed by atoms with Crippen molar-refractivity contribution in [2.75, 3.05) is 6.61 Å². The molecular weight excluding hydrogens is 354 g/mol. The fourth-order valence-corrected chi connectivity index (χ4v) is 2.56. The molecule has 7 heteroatoms. The Morgan fingerprint density at radius 2 is 1.88 bits per heavy atom. The molecule has 0 saturated heterocycles. The second-order valence-electron chi connectivity index (χ2n) is 4.84. The van der Waals surface area contributed by atoms with Crippen LogP contribution in [0.25, 0.3) is 0 Å². The average molecular weight is 369 g/mol. The van der Waals surface area contributed by atoms with Crippen LogP contribution in [0.1, 0.15) is 18.1 Å². The Labute approximate surface area is 149 Å². The van der Waals surface area contributed by atoms with Crippen molar-refractivity contribution < 1.29 is 13.9 Å². The first-order valence-corrected chi connectivity index (χ1v) is 7.93. The van der Waals surface area contributed by atoms with Crippen molar-refractivity contribution in [3.05, 3.63) is 63.4 Å². The quantitative estimate of drug-likeness (QED) is 0.612. The largest absolute Gasteiger partial charge is 0.491 e. The summed E-state index contributed by atoms with van der Waals surface area (Å²) in [6.07, 6.45) is 1.53. The molecule has 0 bridgehead atoms. The fourth-order valence-electron chi connectivity index (χ4n) is 1.94. The molecule has 0 aliphatic rings. The van der Waals surface area contributed by atoms with Crippen LogP contribution in [0.5, 0.6) is 5.75 Å². The Kier molecular flexibility index (Phi) is 6.58. The molecule has 0 aromatic heterocycles. The number of nitrogens with zero attached hydrogens (tertiary/aromatic N) is 1. The maximum Gasteiger partial charge on any atom is 0.244 e. The third kappa shape index (κ3) is 5.22. The highest BCUT2D eigenvalue weighted by Crippen LogP contribution is 2.33. The van der Waals surface area contributed by atoms with E-state index in [1.165, 1.54) is 18.3 Å². The molecule has 4 nitrogen and oxygen atoms in total. The lowest BCUT2D eigenvalue weighted by Gasteiger charge is -2.08. The lowest BCUT2D eigenvalue weighted by Crippen LogP contribution is -2.19. The highest BCUT2D eigenvalue weighted by Gasteiger charge is 2.08.